The summed E-state index contributed by atoms with van der Waals surface area (Å²) in [7, 11) is 0. The maximum absolute atomic E-state index is 12.4. The van der Waals surface area contributed by atoms with Gasteiger partial charge in [0, 0.05) is 17.9 Å². The molecule has 0 unspecified atom stereocenters. The van der Waals surface area contributed by atoms with E-state index >= 15 is 0 Å². The van der Waals surface area contributed by atoms with E-state index < -0.39 is 0 Å². The molecule has 0 fully saturated rings. The second-order valence-corrected chi connectivity index (χ2v) is 6.08. The molecule has 0 bridgehead atoms. The smallest absolute Gasteiger partial charge is 0.233 e. The predicted molar refractivity (Wildman–Crippen MR) is 86.5 cm³/mol. The minimum atomic E-state index is -0.00610. The lowest BCUT2D eigenvalue weighted by atomic mass is 10.2. The highest BCUT2D eigenvalue weighted by Gasteiger charge is 2.16. The molecule has 0 aliphatic carbocycles. The van der Waals surface area contributed by atoms with Crippen LogP contribution in [-0.4, -0.2) is 28.3 Å². The van der Waals surface area contributed by atoms with Crippen molar-refractivity contribution in [2.45, 2.75) is 32.6 Å². The minimum absolute atomic E-state index is 0.00610. The Morgan fingerprint density at radius 3 is 2.91 bits per heavy atom. The lowest BCUT2D eigenvalue weighted by molar-refractivity contribution is -0.129. The Labute approximate surface area is 139 Å². The SMILES string of the molecule is Cc1noc(C)c1CSCC(=O)N(CCC#N)Cc1ccco1. The molecule has 6 nitrogen and oxygen atoms in total. The highest BCUT2D eigenvalue weighted by molar-refractivity contribution is 7.99. The van der Waals surface area contributed by atoms with Crippen LogP contribution in [0.3, 0.4) is 0 Å². The van der Waals surface area contributed by atoms with Gasteiger partial charge in [0.25, 0.3) is 0 Å². The lowest BCUT2D eigenvalue weighted by Crippen LogP contribution is -2.32. The summed E-state index contributed by atoms with van der Waals surface area (Å²) in [4.78, 5) is 14.0. The Morgan fingerprint density at radius 1 is 1.48 bits per heavy atom. The second kappa shape index (κ2) is 8.44. The Hall–Kier alpha value is -2.20. The quantitative estimate of drug-likeness (QED) is 0.738. The fourth-order valence-electron chi connectivity index (χ4n) is 2.11. The average molecular weight is 333 g/mol. The molecule has 0 radical (unpaired) electrons. The summed E-state index contributed by atoms with van der Waals surface area (Å²) in [6.07, 6.45) is 1.88. The highest BCUT2D eigenvalue weighted by atomic mass is 32.2. The summed E-state index contributed by atoms with van der Waals surface area (Å²) in [5, 5.41) is 12.7. The summed E-state index contributed by atoms with van der Waals surface area (Å²) >= 11 is 1.52. The molecule has 0 spiro atoms. The van der Waals surface area contributed by atoms with Crippen molar-refractivity contribution < 1.29 is 13.7 Å². The van der Waals surface area contributed by atoms with E-state index in [4.69, 9.17) is 14.2 Å². The van der Waals surface area contributed by atoms with E-state index in [1.165, 1.54) is 11.8 Å². The normalized spacial score (nSPS) is 10.5. The minimum Gasteiger partial charge on any atom is -0.467 e. The second-order valence-electron chi connectivity index (χ2n) is 5.10. The molecule has 0 aromatic carbocycles. The summed E-state index contributed by atoms with van der Waals surface area (Å²) in [5.74, 6) is 2.52. The van der Waals surface area contributed by atoms with Gasteiger partial charge >= 0.3 is 0 Å². The first-order valence-corrected chi connectivity index (χ1v) is 8.44. The standard InChI is InChI=1S/C16H19N3O3S/c1-12-15(13(2)22-18-12)10-23-11-16(20)19(7-4-6-17)9-14-5-3-8-21-14/h3,5,8H,4,7,9-11H2,1-2H3. The van der Waals surface area contributed by atoms with Gasteiger partial charge in [-0.25, -0.2) is 0 Å². The van der Waals surface area contributed by atoms with Gasteiger partial charge in [-0.15, -0.1) is 11.8 Å². The van der Waals surface area contributed by atoms with Crippen LogP contribution in [-0.2, 0) is 17.1 Å². The molecule has 1 amide bonds. The molecule has 7 heteroatoms. The number of nitriles is 1. The molecule has 2 aromatic heterocycles. The van der Waals surface area contributed by atoms with Gasteiger partial charge in [-0.05, 0) is 26.0 Å². The molecule has 0 aliphatic heterocycles. The van der Waals surface area contributed by atoms with Gasteiger partial charge in [0.1, 0.15) is 11.5 Å². The van der Waals surface area contributed by atoms with Crippen LogP contribution in [0.2, 0.25) is 0 Å². The first-order chi connectivity index (χ1) is 11.1. The molecule has 2 heterocycles. The highest BCUT2D eigenvalue weighted by Crippen LogP contribution is 2.20. The average Bonchev–Trinajstić information content (AvgIpc) is 3.15. The van der Waals surface area contributed by atoms with E-state index in [-0.39, 0.29) is 5.91 Å². The van der Waals surface area contributed by atoms with Gasteiger partial charge < -0.3 is 13.8 Å². The van der Waals surface area contributed by atoms with Crippen LogP contribution < -0.4 is 0 Å². The monoisotopic (exact) mass is 333 g/mol. The Morgan fingerprint density at radius 2 is 2.30 bits per heavy atom. The molecule has 2 rings (SSSR count). The van der Waals surface area contributed by atoms with Gasteiger partial charge in [-0.1, -0.05) is 5.16 Å². The van der Waals surface area contributed by atoms with Crippen molar-refractivity contribution in [3.63, 3.8) is 0 Å². The van der Waals surface area contributed by atoms with Crippen molar-refractivity contribution in [2.24, 2.45) is 0 Å². The van der Waals surface area contributed by atoms with Crippen molar-refractivity contribution in [3.8, 4) is 6.07 Å². The topological polar surface area (TPSA) is 83.3 Å². The summed E-state index contributed by atoms with van der Waals surface area (Å²) in [6, 6.07) is 5.68. The van der Waals surface area contributed by atoms with Gasteiger partial charge in [0.15, 0.2) is 0 Å². The van der Waals surface area contributed by atoms with Crippen LogP contribution >= 0.6 is 11.8 Å². The summed E-state index contributed by atoms with van der Waals surface area (Å²) in [5.41, 5.74) is 1.90. The Bertz CT molecular complexity index is 654. The molecule has 23 heavy (non-hydrogen) atoms. The zero-order valence-corrected chi connectivity index (χ0v) is 14.1. The number of rotatable bonds is 8. The van der Waals surface area contributed by atoms with Crippen LogP contribution in [0.4, 0.5) is 0 Å². The molecular formula is C16H19N3O3S. The number of carbonyl (C=O) groups is 1. The maximum Gasteiger partial charge on any atom is 0.233 e. The molecule has 0 N–H and O–H groups in total. The number of nitrogens with zero attached hydrogens (tertiary/aromatic N) is 3. The number of aromatic nitrogens is 1. The molecule has 0 aliphatic rings. The number of hydrogen-bond acceptors (Lipinski definition) is 6. The molecule has 2 aromatic rings. The van der Waals surface area contributed by atoms with E-state index in [2.05, 4.69) is 11.2 Å². The van der Waals surface area contributed by atoms with Crippen molar-refractivity contribution in [2.75, 3.05) is 12.3 Å². The molecule has 0 saturated heterocycles. The van der Waals surface area contributed by atoms with Crippen molar-refractivity contribution in [1.82, 2.24) is 10.1 Å². The van der Waals surface area contributed by atoms with Crippen molar-refractivity contribution in [3.05, 3.63) is 41.2 Å². The lowest BCUT2D eigenvalue weighted by Gasteiger charge is -2.20. The fourth-order valence-corrected chi connectivity index (χ4v) is 3.18. The number of amides is 1. The molecule has 0 atom stereocenters. The van der Waals surface area contributed by atoms with Crippen LogP contribution in [0.15, 0.2) is 27.3 Å². The van der Waals surface area contributed by atoms with Crippen molar-refractivity contribution in [1.29, 1.82) is 5.26 Å². The first kappa shape index (κ1) is 17.2. The number of aryl methyl sites for hydroxylation is 2. The maximum atomic E-state index is 12.4. The molecule has 122 valence electrons. The van der Waals surface area contributed by atoms with Gasteiger partial charge in [-0.3, -0.25) is 4.79 Å². The van der Waals surface area contributed by atoms with Crippen LogP contribution in [0.25, 0.3) is 0 Å². The number of thioether (sulfide) groups is 1. The van der Waals surface area contributed by atoms with Gasteiger partial charge in [0.2, 0.25) is 5.91 Å². The third kappa shape index (κ3) is 4.89. The number of hydrogen-bond donors (Lipinski definition) is 0. The zero-order chi connectivity index (χ0) is 16.7. The fraction of sp³-hybridized carbons (Fsp3) is 0.438. The zero-order valence-electron chi connectivity index (χ0n) is 13.2. The third-order valence-corrected chi connectivity index (χ3v) is 4.37. The summed E-state index contributed by atoms with van der Waals surface area (Å²) < 4.78 is 10.4. The van der Waals surface area contributed by atoms with Crippen LogP contribution in [0.1, 0.15) is 29.2 Å². The van der Waals surface area contributed by atoms with Crippen LogP contribution in [0.5, 0.6) is 0 Å². The van der Waals surface area contributed by atoms with E-state index in [9.17, 15) is 4.79 Å². The number of furan rings is 1. The Kier molecular flexibility index (Phi) is 6.29. The van der Waals surface area contributed by atoms with Crippen LogP contribution in [0, 0.1) is 25.2 Å². The van der Waals surface area contributed by atoms with Gasteiger partial charge in [-0.2, -0.15) is 5.26 Å². The van der Waals surface area contributed by atoms with Crippen molar-refractivity contribution >= 4 is 17.7 Å². The van der Waals surface area contributed by atoms with E-state index in [0.29, 0.717) is 36.8 Å². The first-order valence-electron chi connectivity index (χ1n) is 7.28. The third-order valence-electron chi connectivity index (χ3n) is 3.43. The van der Waals surface area contributed by atoms with E-state index in [1.54, 1.807) is 17.2 Å². The van der Waals surface area contributed by atoms with Gasteiger partial charge in [0.05, 0.1) is 36.7 Å². The van der Waals surface area contributed by atoms with E-state index in [1.807, 2.05) is 19.9 Å². The Balaban J connectivity index is 1.88. The number of carbonyl (C=O) groups excluding carboxylic acids is 1. The molecule has 0 saturated carbocycles. The van der Waals surface area contributed by atoms with E-state index in [0.717, 1.165) is 17.0 Å². The predicted octanol–water partition coefficient (Wildman–Crippen LogP) is 3.06. The summed E-state index contributed by atoms with van der Waals surface area (Å²) in [6.45, 7) is 4.56. The molecular weight excluding hydrogens is 314 g/mol. The largest absolute Gasteiger partial charge is 0.467 e.